The van der Waals surface area contributed by atoms with Crippen molar-refractivity contribution in [3.63, 3.8) is 0 Å². The predicted molar refractivity (Wildman–Crippen MR) is 51.8 cm³/mol. The van der Waals surface area contributed by atoms with E-state index in [1.54, 1.807) is 0 Å². The Morgan fingerprint density at radius 1 is 1.25 bits per heavy atom. The van der Waals surface area contributed by atoms with E-state index >= 15 is 0 Å². The third kappa shape index (κ3) is 1.45. The molecule has 1 heterocycles. The molecule has 1 unspecified atom stereocenters. The first-order valence-electron chi connectivity index (χ1n) is 5.05. The van der Waals surface area contributed by atoms with Crippen molar-refractivity contribution in [3.8, 4) is 0 Å². The molecule has 0 N–H and O–H groups in total. The Morgan fingerprint density at radius 2 is 2.08 bits per heavy atom. The topological polar surface area (TPSA) is 3.01 Å². The van der Waals surface area contributed by atoms with Gasteiger partial charge in [0, 0.05) is 6.42 Å². The summed E-state index contributed by atoms with van der Waals surface area (Å²) in [4.78, 5) is 0. The number of hydrogen-bond acceptors (Lipinski definition) is 0. The zero-order valence-electron chi connectivity index (χ0n) is 7.92. The van der Waals surface area contributed by atoms with Crippen LogP contribution in [-0.4, -0.2) is 24.4 Å². The number of nitrogens with zero attached hydrogens (tertiary/aromatic N) is 1. The summed E-state index contributed by atoms with van der Waals surface area (Å²) < 4.78 is 2.36. The second-order valence-electron chi connectivity index (χ2n) is 4.24. The van der Waals surface area contributed by atoms with E-state index in [0.717, 1.165) is 0 Å². The molecule has 1 atom stereocenters. The summed E-state index contributed by atoms with van der Waals surface area (Å²) >= 11 is 0. The van der Waals surface area contributed by atoms with Crippen molar-refractivity contribution >= 4 is 6.21 Å². The van der Waals surface area contributed by atoms with E-state index in [1.807, 2.05) is 0 Å². The van der Waals surface area contributed by atoms with Crippen LogP contribution >= 0.6 is 0 Å². The smallest absolute Gasteiger partial charge is 0.149 e. The maximum Gasteiger partial charge on any atom is 0.149 e. The average molecular weight is 164 g/mol. The van der Waals surface area contributed by atoms with Gasteiger partial charge < -0.3 is 0 Å². The van der Waals surface area contributed by atoms with Gasteiger partial charge in [-0.2, -0.15) is 0 Å². The maximum absolute atomic E-state index is 2.44. The minimum absolute atomic E-state index is 0.450. The van der Waals surface area contributed by atoms with E-state index in [4.69, 9.17) is 0 Å². The Bertz CT molecular complexity index is 223. The maximum atomic E-state index is 2.44. The first kappa shape index (κ1) is 8.03. The van der Waals surface area contributed by atoms with E-state index < -0.39 is 0 Å². The molecule has 2 rings (SSSR count). The van der Waals surface area contributed by atoms with Gasteiger partial charge in [0.05, 0.1) is 5.41 Å². The van der Waals surface area contributed by atoms with Crippen LogP contribution in [0.25, 0.3) is 0 Å². The number of allylic oxidation sites excluding steroid dienone is 2. The lowest BCUT2D eigenvalue weighted by atomic mass is 9.75. The van der Waals surface area contributed by atoms with Crippen molar-refractivity contribution in [3.05, 3.63) is 12.2 Å². The molecule has 0 amide bonds. The molecule has 0 radical (unpaired) electrons. The average Bonchev–Trinajstić information content (AvgIpc) is 2.05. The lowest BCUT2D eigenvalue weighted by Gasteiger charge is -2.29. The monoisotopic (exact) mass is 164 g/mol. The molecule has 1 nitrogen and oxygen atoms in total. The van der Waals surface area contributed by atoms with Crippen molar-refractivity contribution < 1.29 is 4.58 Å². The minimum atomic E-state index is 0.450. The summed E-state index contributed by atoms with van der Waals surface area (Å²) in [6.45, 7) is 1.25. The Kier molecular flexibility index (Phi) is 2.03. The molecule has 12 heavy (non-hydrogen) atoms. The molecule has 0 fully saturated rings. The molecule has 0 bridgehead atoms. The van der Waals surface area contributed by atoms with Crippen molar-refractivity contribution in [1.29, 1.82) is 0 Å². The molecule has 1 heteroatoms. The standard InChI is InChI=1S/C11H18N/c1-12-9-5-8-11(10-12)6-3-2-4-7-11/h3,6,10H,2,4-5,7-9H2,1H3/q+1. The summed E-state index contributed by atoms with van der Waals surface area (Å²) in [5.41, 5.74) is 0.450. The highest BCUT2D eigenvalue weighted by atomic mass is 15.0. The van der Waals surface area contributed by atoms with E-state index in [2.05, 4.69) is 30.0 Å². The molecule has 0 saturated carbocycles. The van der Waals surface area contributed by atoms with Crippen LogP contribution in [-0.2, 0) is 0 Å². The van der Waals surface area contributed by atoms with Crippen molar-refractivity contribution in [2.45, 2.75) is 32.1 Å². The highest BCUT2D eigenvalue weighted by Gasteiger charge is 2.32. The summed E-state index contributed by atoms with van der Waals surface area (Å²) in [5, 5.41) is 0. The van der Waals surface area contributed by atoms with Gasteiger partial charge in [0.15, 0.2) is 0 Å². The highest BCUT2D eigenvalue weighted by Crippen LogP contribution is 2.35. The van der Waals surface area contributed by atoms with Gasteiger partial charge in [-0.3, -0.25) is 0 Å². The molecule has 1 aliphatic heterocycles. The largest absolute Gasteiger partial charge is 0.241 e. The Balaban J connectivity index is 2.23. The van der Waals surface area contributed by atoms with Crippen molar-refractivity contribution in [2.24, 2.45) is 5.41 Å². The number of rotatable bonds is 0. The quantitative estimate of drug-likeness (QED) is 0.381. The van der Waals surface area contributed by atoms with E-state index in [-0.39, 0.29) is 0 Å². The first-order chi connectivity index (χ1) is 5.81. The summed E-state index contributed by atoms with van der Waals surface area (Å²) in [6, 6.07) is 0. The van der Waals surface area contributed by atoms with E-state index in [0.29, 0.717) is 5.41 Å². The van der Waals surface area contributed by atoms with Gasteiger partial charge in [-0.25, -0.2) is 4.58 Å². The fourth-order valence-corrected chi connectivity index (χ4v) is 2.49. The fourth-order valence-electron chi connectivity index (χ4n) is 2.49. The molecular weight excluding hydrogens is 146 g/mol. The van der Waals surface area contributed by atoms with Gasteiger partial charge >= 0.3 is 0 Å². The van der Waals surface area contributed by atoms with Crippen LogP contribution in [0.4, 0.5) is 0 Å². The summed E-state index contributed by atoms with van der Waals surface area (Å²) in [5.74, 6) is 0. The van der Waals surface area contributed by atoms with Gasteiger partial charge in [-0.15, -0.1) is 0 Å². The Labute approximate surface area is 74.8 Å². The van der Waals surface area contributed by atoms with Crippen LogP contribution in [0.1, 0.15) is 32.1 Å². The summed E-state index contributed by atoms with van der Waals surface area (Å²) in [6.07, 6.45) is 14.0. The molecule has 0 aromatic heterocycles. The van der Waals surface area contributed by atoms with Gasteiger partial charge in [0.25, 0.3) is 0 Å². The second-order valence-corrected chi connectivity index (χ2v) is 4.24. The molecule has 66 valence electrons. The third-order valence-electron chi connectivity index (χ3n) is 3.09. The zero-order chi connectivity index (χ0) is 8.44. The van der Waals surface area contributed by atoms with Crippen LogP contribution in [0.5, 0.6) is 0 Å². The summed E-state index contributed by atoms with van der Waals surface area (Å²) in [7, 11) is 2.20. The highest BCUT2D eigenvalue weighted by molar-refractivity contribution is 5.64. The molecule has 1 spiro atoms. The van der Waals surface area contributed by atoms with Gasteiger partial charge in [0.1, 0.15) is 19.8 Å². The number of hydrogen-bond donors (Lipinski definition) is 0. The van der Waals surface area contributed by atoms with Crippen LogP contribution in [0.15, 0.2) is 12.2 Å². The molecule has 0 aromatic carbocycles. The van der Waals surface area contributed by atoms with Gasteiger partial charge in [0.2, 0.25) is 0 Å². The fraction of sp³-hybridized carbons (Fsp3) is 0.727. The van der Waals surface area contributed by atoms with Crippen LogP contribution in [0.2, 0.25) is 0 Å². The third-order valence-corrected chi connectivity index (χ3v) is 3.09. The lowest BCUT2D eigenvalue weighted by Crippen LogP contribution is -2.32. The molecule has 1 aliphatic carbocycles. The molecule has 0 aromatic rings. The zero-order valence-corrected chi connectivity index (χ0v) is 7.92. The Hall–Kier alpha value is -0.590. The van der Waals surface area contributed by atoms with Gasteiger partial charge in [-0.05, 0) is 25.7 Å². The molecule has 2 aliphatic rings. The van der Waals surface area contributed by atoms with E-state index in [9.17, 15) is 0 Å². The minimum Gasteiger partial charge on any atom is -0.241 e. The normalized spacial score (nSPS) is 35.2. The van der Waals surface area contributed by atoms with Gasteiger partial charge in [-0.1, -0.05) is 12.2 Å². The van der Waals surface area contributed by atoms with Crippen LogP contribution < -0.4 is 0 Å². The van der Waals surface area contributed by atoms with E-state index in [1.165, 1.54) is 38.6 Å². The Morgan fingerprint density at radius 3 is 2.75 bits per heavy atom. The first-order valence-corrected chi connectivity index (χ1v) is 5.05. The van der Waals surface area contributed by atoms with Crippen molar-refractivity contribution in [1.82, 2.24) is 0 Å². The van der Waals surface area contributed by atoms with Crippen LogP contribution in [0.3, 0.4) is 0 Å². The van der Waals surface area contributed by atoms with Crippen LogP contribution in [0, 0.1) is 5.41 Å². The second kappa shape index (κ2) is 3.04. The SMILES string of the molecule is C[N+]1=CC2(C=CCCC2)CCC1. The lowest BCUT2D eigenvalue weighted by molar-refractivity contribution is -0.501. The molecular formula is C11H18N+. The predicted octanol–water partition coefficient (Wildman–Crippen LogP) is 2.22. The van der Waals surface area contributed by atoms with Crippen molar-refractivity contribution in [2.75, 3.05) is 13.6 Å². The molecule has 0 saturated heterocycles.